The number of rotatable bonds is 1. The Balaban J connectivity index is 2.36. The van der Waals surface area contributed by atoms with Gasteiger partial charge in [-0.3, -0.25) is 4.57 Å². The van der Waals surface area contributed by atoms with Crippen molar-refractivity contribution in [2.24, 2.45) is 0 Å². The number of anilines is 1. The van der Waals surface area contributed by atoms with E-state index in [1.807, 2.05) is 18.2 Å². The molecule has 6 heteroatoms. The number of imidazole rings is 1. The van der Waals surface area contributed by atoms with Crippen LogP contribution >= 0.6 is 34.2 Å². The summed E-state index contributed by atoms with van der Waals surface area (Å²) in [4.78, 5) is 4.06. The Kier molecular flexibility index (Phi) is 3.10. The second-order valence-corrected chi connectivity index (χ2v) is 5.66. The van der Waals surface area contributed by atoms with E-state index in [1.54, 1.807) is 16.7 Å². The van der Waals surface area contributed by atoms with Crippen molar-refractivity contribution >= 4 is 51.2 Å². The third kappa shape index (κ3) is 2.06. The van der Waals surface area contributed by atoms with E-state index in [0.717, 1.165) is 3.57 Å². The Bertz CT molecular complexity index is 785. The summed E-state index contributed by atoms with van der Waals surface area (Å²) in [6, 6.07) is 10.3. The highest BCUT2D eigenvalue weighted by atomic mass is 127. The van der Waals surface area contributed by atoms with Gasteiger partial charge in [-0.25, -0.2) is 9.37 Å². The Hall–Kier alpha value is -1.34. The van der Waals surface area contributed by atoms with Crippen LogP contribution in [0.2, 0.25) is 5.02 Å². The van der Waals surface area contributed by atoms with Crippen LogP contribution in [0.3, 0.4) is 0 Å². The van der Waals surface area contributed by atoms with Crippen LogP contribution in [-0.2, 0) is 0 Å². The molecule has 0 bridgehead atoms. The van der Waals surface area contributed by atoms with Crippen LogP contribution in [0, 0.1) is 9.39 Å². The third-order valence-corrected chi connectivity index (χ3v) is 3.79. The Labute approximate surface area is 127 Å². The summed E-state index contributed by atoms with van der Waals surface area (Å²) >= 11 is 8.40. The lowest BCUT2D eigenvalue weighted by atomic mass is 10.2. The fourth-order valence-electron chi connectivity index (χ4n) is 2.00. The number of para-hydroxylation sites is 1. The maximum atomic E-state index is 13.7. The van der Waals surface area contributed by atoms with E-state index in [2.05, 4.69) is 27.6 Å². The van der Waals surface area contributed by atoms with Gasteiger partial charge in [0.2, 0.25) is 5.95 Å². The Morgan fingerprint density at radius 3 is 2.79 bits per heavy atom. The van der Waals surface area contributed by atoms with Crippen LogP contribution in [0.5, 0.6) is 0 Å². The lowest BCUT2D eigenvalue weighted by molar-refractivity contribution is 0.637. The van der Waals surface area contributed by atoms with Crippen LogP contribution in [0.25, 0.3) is 16.7 Å². The molecule has 0 saturated heterocycles. The maximum absolute atomic E-state index is 13.7. The molecule has 3 nitrogen and oxygen atoms in total. The molecule has 0 amide bonds. The minimum absolute atomic E-state index is 0.211. The first-order valence-corrected chi connectivity index (χ1v) is 6.91. The Morgan fingerprint density at radius 2 is 2.05 bits per heavy atom. The van der Waals surface area contributed by atoms with Crippen LogP contribution in [-0.4, -0.2) is 9.55 Å². The molecule has 19 heavy (non-hydrogen) atoms. The van der Waals surface area contributed by atoms with Crippen molar-refractivity contribution < 1.29 is 4.39 Å². The van der Waals surface area contributed by atoms with Gasteiger partial charge in [0.05, 0.1) is 16.2 Å². The second-order valence-electron chi connectivity index (χ2n) is 4.01. The molecular weight excluding hydrogens is 380 g/mol. The molecule has 0 aliphatic carbocycles. The zero-order valence-corrected chi connectivity index (χ0v) is 12.5. The fourth-order valence-corrected chi connectivity index (χ4v) is 2.94. The summed E-state index contributed by atoms with van der Waals surface area (Å²) in [5.41, 5.74) is 7.42. The van der Waals surface area contributed by atoms with Gasteiger partial charge in [0, 0.05) is 3.57 Å². The second kappa shape index (κ2) is 4.64. The number of hydrogen-bond donors (Lipinski definition) is 1. The van der Waals surface area contributed by atoms with Gasteiger partial charge < -0.3 is 5.73 Å². The number of nitrogens with zero attached hydrogens (tertiary/aromatic N) is 2. The molecule has 0 saturated carbocycles. The molecule has 0 aliphatic rings. The molecule has 0 fully saturated rings. The van der Waals surface area contributed by atoms with E-state index >= 15 is 0 Å². The quantitative estimate of drug-likeness (QED) is 0.641. The van der Waals surface area contributed by atoms with Gasteiger partial charge in [-0.15, -0.1) is 0 Å². The first-order valence-electron chi connectivity index (χ1n) is 5.46. The number of aromatic nitrogens is 2. The number of fused-ring (bicyclic) bond motifs is 1. The maximum Gasteiger partial charge on any atom is 0.206 e. The third-order valence-electron chi connectivity index (χ3n) is 2.81. The number of hydrogen-bond acceptors (Lipinski definition) is 2. The molecule has 2 aromatic carbocycles. The van der Waals surface area contributed by atoms with Gasteiger partial charge in [-0.1, -0.05) is 17.7 Å². The van der Waals surface area contributed by atoms with Gasteiger partial charge in [0.25, 0.3) is 0 Å². The minimum atomic E-state index is -0.399. The highest BCUT2D eigenvalue weighted by molar-refractivity contribution is 14.1. The van der Waals surface area contributed by atoms with Crippen molar-refractivity contribution in [3.63, 3.8) is 0 Å². The van der Waals surface area contributed by atoms with Crippen molar-refractivity contribution in [3.8, 4) is 5.69 Å². The van der Waals surface area contributed by atoms with E-state index in [9.17, 15) is 4.39 Å². The summed E-state index contributed by atoms with van der Waals surface area (Å²) in [6.07, 6.45) is 0. The molecule has 0 unspecified atom stereocenters. The predicted molar refractivity (Wildman–Crippen MR) is 83.2 cm³/mol. The van der Waals surface area contributed by atoms with Gasteiger partial charge in [-0.2, -0.15) is 0 Å². The average molecular weight is 388 g/mol. The van der Waals surface area contributed by atoms with E-state index in [0.29, 0.717) is 16.2 Å². The van der Waals surface area contributed by atoms with E-state index < -0.39 is 5.82 Å². The van der Waals surface area contributed by atoms with Crippen LogP contribution in [0.1, 0.15) is 0 Å². The smallest absolute Gasteiger partial charge is 0.206 e. The van der Waals surface area contributed by atoms with Gasteiger partial charge in [0.15, 0.2) is 5.82 Å². The molecule has 2 N–H and O–H groups in total. The number of nitrogens with two attached hydrogens (primary N) is 1. The topological polar surface area (TPSA) is 43.8 Å². The molecule has 0 radical (unpaired) electrons. The molecule has 3 aromatic rings. The number of benzene rings is 2. The molecule has 3 rings (SSSR count). The van der Waals surface area contributed by atoms with Crippen molar-refractivity contribution in [3.05, 3.63) is 50.8 Å². The highest BCUT2D eigenvalue weighted by Gasteiger charge is 2.14. The van der Waals surface area contributed by atoms with Crippen molar-refractivity contribution in [1.82, 2.24) is 9.55 Å². The summed E-state index contributed by atoms with van der Waals surface area (Å²) in [5, 5.41) is 0.544. The summed E-state index contributed by atoms with van der Waals surface area (Å²) < 4.78 is 16.4. The predicted octanol–water partition coefficient (Wildman–Crippen LogP) is 4.00. The minimum Gasteiger partial charge on any atom is -0.369 e. The molecule has 1 aromatic heterocycles. The molecule has 96 valence electrons. The molecule has 0 aliphatic heterocycles. The first-order chi connectivity index (χ1) is 9.08. The van der Waals surface area contributed by atoms with Crippen molar-refractivity contribution in [2.45, 2.75) is 0 Å². The lowest BCUT2D eigenvalue weighted by Crippen LogP contribution is -2.01. The molecule has 0 spiro atoms. The van der Waals surface area contributed by atoms with Crippen LogP contribution < -0.4 is 5.73 Å². The van der Waals surface area contributed by atoms with Gasteiger partial charge >= 0.3 is 0 Å². The van der Waals surface area contributed by atoms with Crippen LogP contribution in [0.15, 0.2) is 36.4 Å². The van der Waals surface area contributed by atoms with E-state index in [1.165, 1.54) is 6.07 Å². The van der Waals surface area contributed by atoms with Crippen LogP contribution in [0.4, 0.5) is 10.3 Å². The monoisotopic (exact) mass is 387 g/mol. The Morgan fingerprint density at radius 1 is 1.26 bits per heavy atom. The highest BCUT2D eigenvalue weighted by Crippen LogP contribution is 2.29. The summed E-state index contributed by atoms with van der Waals surface area (Å²) in [7, 11) is 0. The zero-order valence-electron chi connectivity index (χ0n) is 9.57. The summed E-state index contributed by atoms with van der Waals surface area (Å²) in [5.74, 6) is -0.187. The average Bonchev–Trinajstić information content (AvgIpc) is 2.68. The summed E-state index contributed by atoms with van der Waals surface area (Å²) in [6.45, 7) is 0. The molecule has 0 atom stereocenters. The van der Waals surface area contributed by atoms with Crippen molar-refractivity contribution in [1.29, 1.82) is 0 Å². The molecule has 1 heterocycles. The van der Waals surface area contributed by atoms with Crippen molar-refractivity contribution in [2.75, 3.05) is 5.73 Å². The first kappa shape index (κ1) is 12.7. The van der Waals surface area contributed by atoms with Gasteiger partial charge in [0.1, 0.15) is 5.52 Å². The lowest BCUT2D eigenvalue weighted by Gasteiger charge is -2.09. The SMILES string of the molecule is Nc1nc2c(F)cccc2n1-c1ccc(I)cc1Cl. The van der Waals surface area contributed by atoms with Gasteiger partial charge in [-0.05, 0) is 52.9 Å². The normalized spacial score (nSPS) is 11.1. The zero-order chi connectivity index (χ0) is 13.6. The fraction of sp³-hybridized carbons (Fsp3) is 0. The number of nitrogen functional groups attached to an aromatic ring is 1. The van der Waals surface area contributed by atoms with E-state index in [4.69, 9.17) is 17.3 Å². The largest absolute Gasteiger partial charge is 0.369 e. The molecular formula is C13H8ClFIN3. The van der Waals surface area contributed by atoms with E-state index in [-0.39, 0.29) is 11.5 Å². The standard InChI is InChI=1S/C13H8ClFIN3/c14-8-6-7(16)4-5-10(8)19-11-3-1-2-9(15)12(11)18-13(19)17/h1-6H,(H2,17,18). The number of halogens is 3.